The molecule has 8 heteroatoms. The molecular weight excluding hydrogens is 438 g/mol. The molecule has 2 aliphatic heterocycles. The molecule has 0 saturated carbocycles. The van der Waals surface area contributed by atoms with Gasteiger partial charge in [-0.15, -0.1) is 0 Å². The van der Waals surface area contributed by atoms with Gasteiger partial charge in [0.25, 0.3) is 0 Å². The van der Waals surface area contributed by atoms with Gasteiger partial charge in [0.15, 0.2) is 0 Å². The lowest BCUT2D eigenvalue weighted by Crippen LogP contribution is -2.52. The predicted octanol–water partition coefficient (Wildman–Crippen LogP) is 2.48. The van der Waals surface area contributed by atoms with Crippen LogP contribution in [0.5, 0.6) is 5.75 Å². The first-order valence-corrected chi connectivity index (χ1v) is 13.1. The van der Waals surface area contributed by atoms with E-state index in [-0.39, 0.29) is 16.7 Å². The van der Waals surface area contributed by atoms with Crippen molar-refractivity contribution in [3.63, 3.8) is 0 Å². The third-order valence-electron chi connectivity index (χ3n) is 6.74. The molecule has 2 aromatic rings. The van der Waals surface area contributed by atoms with Gasteiger partial charge in [-0.1, -0.05) is 30.3 Å². The lowest BCUT2D eigenvalue weighted by Gasteiger charge is -2.38. The second kappa shape index (κ2) is 10.7. The van der Waals surface area contributed by atoms with Crippen LogP contribution >= 0.6 is 0 Å². The average Bonchev–Trinajstić information content (AvgIpc) is 2.88. The van der Waals surface area contributed by atoms with Crippen molar-refractivity contribution in [2.24, 2.45) is 5.92 Å². The number of carbonyl (C=O) groups excluding carboxylic acids is 1. The fourth-order valence-corrected chi connectivity index (χ4v) is 6.09. The summed E-state index contributed by atoms with van der Waals surface area (Å²) in [5.74, 6) is 0.709. The first-order chi connectivity index (χ1) is 16.0. The van der Waals surface area contributed by atoms with Gasteiger partial charge in [0, 0.05) is 51.7 Å². The number of rotatable bonds is 7. The highest BCUT2D eigenvalue weighted by atomic mass is 32.2. The van der Waals surface area contributed by atoms with E-state index in [4.69, 9.17) is 4.74 Å². The number of piperidine rings is 1. The van der Waals surface area contributed by atoms with E-state index in [0.717, 1.165) is 39.1 Å². The van der Waals surface area contributed by atoms with Crippen LogP contribution in [0.25, 0.3) is 0 Å². The zero-order chi connectivity index (χ0) is 23.3. The van der Waals surface area contributed by atoms with Gasteiger partial charge in [-0.25, -0.2) is 8.42 Å². The third-order valence-corrected chi connectivity index (χ3v) is 8.66. The van der Waals surface area contributed by atoms with Crippen LogP contribution in [0.1, 0.15) is 18.4 Å². The van der Waals surface area contributed by atoms with Gasteiger partial charge in [0.2, 0.25) is 15.9 Å². The molecule has 0 radical (unpaired) electrons. The zero-order valence-corrected chi connectivity index (χ0v) is 20.0. The Bertz CT molecular complexity index is 1010. The van der Waals surface area contributed by atoms with Crippen LogP contribution in [0.3, 0.4) is 0 Å². The number of piperazine rings is 1. The van der Waals surface area contributed by atoms with Gasteiger partial charge in [0.05, 0.1) is 12.0 Å². The largest absolute Gasteiger partial charge is 0.497 e. The van der Waals surface area contributed by atoms with Crippen molar-refractivity contribution in [2.45, 2.75) is 24.2 Å². The Morgan fingerprint density at radius 1 is 0.909 bits per heavy atom. The number of methoxy groups -OCH3 is 1. The Kier molecular flexibility index (Phi) is 7.67. The summed E-state index contributed by atoms with van der Waals surface area (Å²) in [7, 11) is -2.00. The van der Waals surface area contributed by atoms with Crippen LogP contribution in [0.2, 0.25) is 0 Å². The SMILES string of the molecule is COc1ccc(S(=O)(=O)N2CCC(C(=O)N3CCN(CCc4ccccc4)CC3)CC2)cc1. The first-order valence-electron chi connectivity index (χ1n) is 11.7. The molecule has 0 spiro atoms. The first kappa shape index (κ1) is 23.7. The van der Waals surface area contributed by atoms with Gasteiger partial charge in [-0.05, 0) is 49.1 Å². The molecule has 0 unspecified atom stereocenters. The van der Waals surface area contributed by atoms with Crippen molar-refractivity contribution >= 4 is 15.9 Å². The minimum atomic E-state index is -3.55. The van der Waals surface area contributed by atoms with Crippen molar-refractivity contribution < 1.29 is 17.9 Å². The maximum atomic E-state index is 13.1. The van der Waals surface area contributed by atoms with Crippen LogP contribution < -0.4 is 4.74 Å². The highest BCUT2D eigenvalue weighted by Gasteiger charge is 2.34. The summed E-state index contributed by atoms with van der Waals surface area (Å²) in [4.78, 5) is 17.7. The van der Waals surface area contributed by atoms with Gasteiger partial charge >= 0.3 is 0 Å². The Balaban J connectivity index is 1.24. The summed E-state index contributed by atoms with van der Waals surface area (Å²) in [5.41, 5.74) is 1.34. The number of carbonyl (C=O) groups is 1. The van der Waals surface area contributed by atoms with Crippen molar-refractivity contribution in [1.29, 1.82) is 0 Å². The molecule has 178 valence electrons. The van der Waals surface area contributed by atoms with E-state index in [1.165, 1.54) is 9.87 Å². The Labute approximate surface area is 197 Å². The van der Waals surface area contributed by atoms with Crippen molar-refractivity contribution in [1.82, 2.24) is 14.1 Å². The molecule has 2 heterocycles. The molecular formula is C25H33N3O4S. The molecule has 2 aliphatic rings. The van der Waals surface area contributed by atoms with Gasteiger partial charge < -0.3 is 9.64 Å². The second-order valence-electron chi connectivity index (χ2n) is 8.76. The van der Waals surface area contributed by atoms with Gasteiger partial charge in [-0.2, -0.15) is 4.31 Å². The molecule has 0 atom stereocenters. The standard InChI is InChI=1S/C25H33N3O4S/c1-32-23-7-9-24(10-8-23)33(30,31)28-15-12-22(13-16-28)25(29)27-19-17-26(18-20-27)14-11-21-5-3-2-4-6-21/h2-10,22H,11-20H2,1H3. The Morgan fingerprint density at radius 2 is 1.55 bits per heavy atom. The number of hydrogen-bond acceptors (Lipinski definition) is 5. The molecule has 2 saturated heterocycles. The molecule has 0 N–H and O–H groups in total. The van der Waals surface area contributed by atoms with E-state index < -0.39 is 10.0 Å². The number of sulfonamides is 1. The Morgan fingerprint density at radius 3 is 2.15 bits per heavy atom. The summed E-state index contributed by atoms with van der Waals surface area (Å²) < 4.78 is 32.5. The van der Waals surface area contributed by atoms with Crippen LogP contribution in [-0.4, -0.2) is 81.4 Å². The number of ether oxygens (including phenoxy) is 1. The lowest BCUT2D eigenvalue weighted by molar-refractivity contribution is -0.138. The summed E-state index contributed by atoms with van der Waals surface area (Å²) >= 11 is 0. The number of amides is 1. The van der Waals surface area contributed by atoms with E-state index in [1.54, 1.807) is 31.4 Å². The smallest absolute Gasteiger partial charge is 0.243 e. The molecule has 2 aromatic carbocycles. The van der Waals surface area contributed by atoms with Crippen LogP contribution in [-0.2, 0) is 21.2 Å². The summed E-state index contributed by atoms with van der Waals surface area (Å²) in [5, 5.41) is 0. The molecule has 0 aromatic heterocycles. The minimum Gasteiger partial charge on any atom is -0.497 e. The molecule has 0 bridgehead atoms. The highest BCUT2D eigenvalue weighted by molar-refractivity contribution is 7.89. The quantitative estimate of drug-likeness (QED) is 0.621. The third kappa shape index (κ3) is 5.75. The fourth-order valence-electron chi connectivity index (χ4n) is 4.62. The molecule has 7 nitrogen and oxygen atoms in total. The van der Waals surface area contributed by atoms with Crippen molar-refractivity contribution in [2.75, 3.05) is 52.9 Å². The van der Waals surface area contributed by atoms with Crippen LogP contribution in [0.15, 0.2) is 59.5 Å². The molecule has 2 fully saturated rings. The van der Waals surface area contributed by atoms with E-state index >= 15 is 0 Å². The van der Waals surface area contributed by atoms with Crippen LogP contribution in [0.4, 0.5) is 0 Å². The molecule has 1 amide bonds. The highest BCUT2D eigenvalue weighted by Crippen LogP contribution is 2.26. The van der Waals surface area contributed by atoms with E-state index in [1.807, 2.05) is 11.0 Å². The minimum absolute atomic E-state index is 0.0943. The van der Waals surface area contributed by atoms with Crippen molar-refractivity contribution in [3.8, 4) is 5.75 Å². The van der Waals surface area contributed by atoms with Crippen molar-refractivity contribution in [3.05, 3.63) is 60.2 Å². The number of hydrogen-bond donors (Lipinski definition) is 0. The number of nitrogens with zero attached hydrogens (tertiary/aromatic N) is 3. The fraction of sp³-hybridized carbons (Fsp3) is 0.480. The zero-order valence-electron chi connectivity index (χ0n) is 19.2. The predicted molar refractivity (Wildman–Crippen MR) is 128 cm³/mol. The van der Waals surface area contributed by atoms with E-state index in [9.17, 15) is 13.2 Å². The Hall–Kier alpha value is -2.42. The van der Waals surface area contributed by atoms with Crippen LogP contribution in [0, 0.1) is 5.92 Å². The molecule has 33 heavy (non-hydrogen) atoms. The summed E-state index contributed by atoms with van der Waals surface area (Å²) in [6, 6.07) is 16.9. The maximum absolute atomic E-state index is 13.1. The van der Waals surface area contributed by atoms with Gasteiger partial charge in [0.1, 0.15) is 5.75 Å². The van der Waals surface area contributed by atoms with Gasteiger partial charge in [-0.3, -0.25) is 9.69 Å². The summed E-state index contributed by atoms with van der Waals surface area (Å²) in [6.45, 7) is 5.04. The monoisotopic (exact) mass is 471 g/mol. The molecule has 4 rings (SSSR count). The number of benzene rings is 2. The van der Waals surface area contributed by atoms with E-state index in [2.05, 4.69) is 29.2 Å². The normalized spacial score (nSPS) is 18.9. The summed E-state index contributed by atoms with van der Waals surface area (Å²) in [6.07, 6.45) is 2.17. The topological polar surface area (TPSA) is 70.2 Å². The molecule has 0 aliphatic carbocycles. The lowest BCUT2D eigenvalue weighted by atomic mass is 9.96. The van der Waals surface area contributed by atoms with E-state index in [0.29, 0.717) is 31.7 Å². The maximum Gasteiger partial charge on any atom is 0.243 e. The second-order valence-corrected chi connectivity index (χ2v) is 10.7. The average molecular weight is 472 g/mol.